The zero-order chi connectivity index (χ0) is 24.0. The number of carbonyl (C=O) groups is 2. The molecule has 10 nitrogen and oxygen atoms in total. The third-order valence-electron chi connectivity index (χ3n) is 4.75. The molecule has 0 radical (unpaired) electrons. The van der Waals surface area contributed by atoms with E-state index in [-0.39, 0.29) is 29.6 Å². The first-order chi connectivity index (χ1) is 15.8. The topological polar surface area (TPSA) is 126 Å². The summed E-state index contributed by atoms with van der Waals surface area (Å²) in [4.78, 5) is 33.1. The molecule has 0 spiro atoms. The molecule has 0 aliphatic rings. The van der Waals surface area contributed by atoms with Crippen molar-refractivity contribution >= 4 is 12.1 Å². The maximum atomic E-state index is 12.9. The molecule has 3 aromatic rings. The zero-order valence-corrected chi connectivity index (χ0v) is 19.1. The maximum absolute atomic E-state index is 12.9. The molecule has 174 valence electrons. The van der Waals surface area contributed by atoms with Gasteiger partial charge in [0.05, 0.1) is 19.8 Å². The number of hydrogen-bond donors (Lipinski definition) is 1. The summed E-state index contributed by atoms with van der Waals surface area (Å²) in [7, 11) is 1.38. The summed E-state index contributed by atoms with van der Waals surface area (Å²) in [6.45, 7) is 7.67. The standard InChI is InChI=1S/C23H26N4O6/c1-6-31-23(29)32-19-17(30-5)11-12-24-18(19)21(28)25-14(4)20-26-22(33-27-20)16-9-7-15(8-10-16)13(2)3/h7-14H,6H2,1-5H3,(H,25,28)/t14-/m0/s1. The number of benzene rings is 1. The first kappa shape index (κ1) is 23.7. The molecule has 1 amide bonds. The molecule has 0 unspecified atom stereocenters. The Hall–Kier alpha value is -3.95. The van der Waals surface area contributed by atoms with Crippen molar-refractivity contribution in [1.82, 2.24) is 20.4 Å². The lowest BCUT2D eigenvalue weighted by Crippen LogP contribution is -2.29. The van der Waals surface area contributed by atoms with E-state index in [2.05, 4.69) is 34.3 Å². The molecule has 1 atom stereocenters. The van der Waals surface area contributed by atoms with Crippen molar-refractivity contribution < 1.29 is 28.3 Å². The molecule has 0 saturated heterocycles. The number of aromatic nitrogens is 3. The van der Waals surface area contributed by atoms with Crippen molar-refractivity contribution in [1.29, 1.82) is 0 Å². The lowest BCUT2D eigenvalue weighted by Gasteiger charge is -2.14. The second-order valence-corrected chi connectivity index (χ2v) is 7.41. The third kappa shape index (κ3) is 5.65. The number of amides is 1. The van der Waals surface area contributed by atoms with Gasteiger partial charge in [0.15, 0.2) is 17.3 Å². The molecular weight excluding hydrogens is 428 g/mol. The van der Waals surface area contributed by atoms with Crippen LogP contribution in [0.15, 0.2) is 41.1 Å². The molecule has 1 N–H and O–H groups in total. The summed E-state index contributed by atoms with van der Waals surface area (Å²) in [6.07, 6.45) is 0.390. The molecule has 33 heavy (non-hydrogen) atoms. The number of nitrogens with zero attached hydrogens (tertiary/aromatic N) is 3. The van der Waals surface area contributed by atoms with E-state index in [1.54, 1.807) is 13.8 Å². The molecule has 2 heterocycles. The minimum atomic E-state index is -0.975. The highest BCUT2D eigenvalue weighted by atomic mass is 16.7. The van der Waals surface area contributed by atoms with Gasteiger partial charge in [-0.25, -0.2) is 9.78 Å². The van der Waals surface area contributed by atoms with Crippen LogP contribution in [0.2, 0.25) is 0 Å². The van der Waals surface area contributed by atoms with Gasteiger partial charge in [0.1, 0.15) is 0 Å². The van der Waals surface area contributed by atoms with Crippen LogP contribution in [0, 0.1) is 0 Å². The fourth-order valence-corrected chi connectivity index (χ4v) is 2.95. The number of carbonyl (C=O) groups excluding carboxylic acids is 2. The van der Waals surface area contributed by atoms with E-state index in [1.165, 1.54) is 24.9 Å². The smallest absolute Gasteiger partial charge is 0.493 e. The van der Waals surface area contributed by atoms with Crippen LogP contribution in [0.4, 0.5) is 4.79 Å². The number of ether oxygens (including phenoxy) is 3. The molecule has 0 saturated carbocycles. The second-order valence-electron chi connectivity index (χ2n) is 7.41. The number of methoxy groups -OCH3 is 1. The molecule has 0 fully saturated rings. The summed E-state index contributed by atoms with van der Waals surface area (Å²) in [6, 6.07) is 8.69. The van der Waals surface area contributed by atoms with Crippen molar-refractivity contribution in [3.05, 3.63) is 53.6 Å². The van der Waals surface area contributed by atoms with Gasteiger partial charge >= 0.3 is 6.16 Å². The van der Waals surface area contributed by atoms with Crippen molar-refractivity contribution in [2.75, 3.05) is 13.7 Å². The van der Waals surface area contributed by atoms with Crippen LogP contribution >= 0.6 is 0 Å². The Morgan fingerprint density at radius 3 is 2.48 bits per heavy atom. The van der Waals surface area contributed by atoms with Gasteiger partial charge in [-0.2, -0.15) is 4.98 Å². The fraction of sp³-hybridized carbons (Fsp3) is 0.348. The monoisotopic (exact) mass is 454 g/mol. The predicted octanol–water partition coefficient (Wildman–Crippen LogP) is 4.29. The van der Waals surface area contributed by atoms with E-state index in [4.69, 9.17) is 18.7 Å². The Kier molecular flexibility index (Phi) is 7.60. The SMILES string of the molecule is CCOC(=O)Oc1c(OC)ccnc1C(=O)N[C@@H](C)c1noc(-c2ccc(C(C)C)cc2)n1. The van der Waals surface area contributed by atoms with Crippen molar-refractivity contribution in [3.8, 4) is 23.0 Å². The van der Waals surface area contributed by atoms with E-state index >= 15 is 0 Å². The highest BCUT2D eigenvalue weighted by molar-refractivity contribution is 5.96. The van der Waals surface area contributed by atoms with E-state index in [1.807, 2.05) is 24.3 Å². The highest BCUT2D eigenvalue weighted by Gasteiger charge is 2.25. The van der Waals surface area contributed by atoms with Crippen LogP contribution in [-0.2, 0) is 4.74 Å². The van der Waals surface area contributed by atoms with Gasteiger partial charge in [-0.05, 0) is 37.5 Å². The number of hydrogen-bond acceptors (Lipinski definition) is 9. The first-order valence-corrected chi connectivity index (χ1v) is 10.5. The normalized spacial score (nSPS) is 11.7. The summed E-state index contributed by atoms with van der Waals surface area (Å²) < 4.78 is 20.5. The van der Waals surface area contributed by atoms with Gasteiger partial charge in [-0.15, -0.1) is 0 Å². The van der Waals surface area contributed by atoms with Crippen LogP contribution in [0.25, 0.3) is 11.5 Å². The van der Waals surface area contributed by atoms with Crippen LogP contribution in [0.1, 0.15) is 61.5 Å². The minimum Gasteiger partial charge on any atom is -0.493 e. The summed E-state index contributed by atoms with van der Waals surface area (Å²) >= 11 is 0. The van der Waals surface area contributed by atoms with E-state index < -0.39 is 18.1 Å². The highest BCUT2D eigenvalue weighted by Crippen LogP contribution is 2.30. The Morgan fingerprint density at radius 2 is 1.85 bits per heavy atom. The van der Waals surface area contributed by atoms with Gasteiger partial charge in [-0.3, -0.25) is 4.79 Å². The molecule has 3 rings (SSSR count). The average Bonchev–Trinajstić information content (AvgIpc) is 3.30. The number of rotatable bonds is 8. The van der Waals surface area contributed by atoms with E-state index in [9.17, 15) is 9.59 Å². The predicted molar refractivity (Wildman–Crippen MR) is 118 cm³/mol. The van der Waals surface area contributed by atoms with Crippen molar-refractivity contribution in [3.63, 3.8) is 0 Å². The van der Waals surface area contributed by atoms with Crippen LogP contribution in [-0.4, -0.2) is 40.9 Å². The van der Waals surface area contributed by atoms with E-state index in [0.717, 1.165) is 5.56 Å². The Bertz CT molecular complexity index is 1110. The molecule has 0 bridgehead atoms. The number of pyridine rings is 1. The maximum Gasteiger partial charge on any atom is 0.514 e. The lowest BCUT2D eigenvalue weighted by atomic mass is 10.0. The average molecular weight is 454 g/mol. The molecule has 0 aliphatic heterocycles. The van der Waals surface area contributed by atoms with Crippen molar-refractivity contribution in [2.45, 2.75) is 39.7 Å². The van der Waals surface area contributed by atoms with Crippen LogP contribution in [0.3, 0.4) is 0 Å². The Morgan fingerprint density at radius 1 is 1.12 bits per heavy atom. The van der Waals surface area contributed by atoms with Crippen LogP contribution in [0.5, 0.6) is 11.5 Å². The number of nitrogens with one attached hydrogen (secondary N) is 1. The quantitative estimate of drug-likeness (QED) is 0.496. The minimum absolute atomic E-state index is 0.111. The van der Waals surface area contributed by atoms with Crippen LogP contribution < -0.4 is 14.8 Å². The van der Waals surface area contributed by atoms with Gasteiger partial charge in [0.25, 0.3) is 11.8 Å². The van der Waals surface area contributed by atoms with Gasteiger partial charge in [0.2, 0.25) is 5.75 Å². The van der Waals surface area contributed by atoms with Gasteiger partial charge in [-0.1, -0.05) is 31.1 Å². The first-order valence-electron chi connectivity index (χ1n) is 10.5. The third-order valence-corrected chi connectivity index (χ3v) is 4.75. The Labute approximate surface area is 191 Å². The summed E-state index contributed by atoms with van der Waals surface area (Å²) in [5.41, 5.74) is 1.82. The largest absolute Gasteiger partial charge is 0.514 e. The fourth-order valence-electron chi connectivity index (χ4n) is 2.95. The molecule has 10 heteroatoms. The molecule has 1 aromatic carbocycles. The van der Waals surface area contributed by atoms with E-state index in [0.29, 0.717) is 11.8 Å². The van der Waals surface area contributed by atoms with Gasteiger partial charge < -0.3 is 24.1 Å². The van der Waals surface area contributed by atoms with Gasteiger partial charge in [0, 0.05) is 17.8 Å². The lowest BCUT2D eigenvalue weighted by molar-refractivity contribution is 0.0914. The molecule has 0 aliphatic carbocycles. The Balaban J connectivity index is 1.77. The summed E-state index contributed by atoms with van der Waals surface area (Å²) in [5, 5.41) is 6.70. The zero-order valence-electron chi connectivity index (χ0n) is 19.1. The molecular formula is C23H26N4O6. The second kappa shape index (κ2) is 10.6. The molecule has 2 aromatic heterocycles. The van der Waals surface area contributed by atoms with Crippen molar-refractivity contribution in [2.24, 2.45) is 0 Å². The summed E-state index contributed by atoms with van der Waals surface area (Å²) in [5.74, 6) is 0.419.